The van der Waals surface area contributed by atoms with Gasteiger partial charge in [-0.1, -0.05) is 0 Å². The Kier molecular flexibility index (Phi) is 6.04. The smallest absolute Gasteiger partial charge is 0.337 e. The summed E-state index contributed by atoms with van der Waals surface area (Å²) in [5.41, 5.74) is -0.869. The molecule has 0 aliphatic carbocycles. The number of hydrogen-bond donors (Lipinski definition) is 3. The van der Waals surface area contributed by atoms with E-state index in [1.165, 1.54) is 0 Å². The molecule has 0 radical (unpaired) electrons. The van der Waals surface area contributed by atoms with Gasteiger partial charge in [-0.3, -0.25) is 0 Å². The van der Waals surface area contributed by atoms with Crippen molar-refractivity contribution < 1.29 is 28.2 Å². The van der Waals surface area contributed by atoms with Crippen LogP contribution < -0.4 is 10.6 Å². The summed E-state index contributed by atoms with van der Waals surface area (Å²) in [6.07, 6.45) is 0.0136. The van der Waals surface area contributed by atoms with Crippen LogP contribution in [0.2, 0.25) is 0 Å². The summed E-state index contributed by atoms with van der Waals surface area (Å²) in [7, 11) is 0. The van der Waals surface area contributed by atoms with Crippen molar-refractivity contribution in [3.63, 3.8) is 0 Å². The molecule has 3 N–H and O–H groups in total. The number of benzene rings is 1. The van der Waals surface area contributed by atoms with E-state index in [9.17, 15) is 18.4 Å². The molecule has 0 aliphatic heterocycles. The fraction of sp³-hybridized carbons (Fsp3) is 0.385. The number of carboxylic acids is 1. The van der Waals surface area contributed by atoms with Gasteiger partial charge >= 0.3 is 12.0 Å². The molecule has 0 saturated heterocycles. The number of hydrogen-bond acceptors (Lipinski definition) is 3. The number of carbonyl (C=O) groups excluding carboxylic acids is 1. The minimum atomic E-state index is -1.48. The standard InChI is InChI=1S/C13H16F2N2O4/c1-7(2)21-4-3-16-13(20)17-11-6-10(15)9(14)5-8(11)12(18)19/h5-7H,3-4H2,1-2H3,(H,18,19)(H2,16,17,20). The Balaban J connectivity index is 2.67. The lowest BCUT2D eigenvalue weighted by Gasteiger charge is -2.11. The first-order valence-electron chi connectivity index (χ1n) is 6.20. The van der Waals surface area contributed by atoms with Crippen LogP contribution in [0.25, 0.3) is 0 Å². The van der Waals surface area contributed by atoms with Crippen LogP contribution in [-0.4, -0.2) is 36.4 Å². The molecule has 1 rings (SSSR count). The molecule has 0 spiro atoms. The number of rotatable bonds is 6. The Morgan fingerprint density at radius 1 is 1.29 bits per heavy atom. The largest absolute Gasteiger partial charge is 0.478 e. The number of carbonyl (C=O) groups is 2. The number of urea groups is 1. The molecular formula is C13H16F2N2O4. The van der Waals surface area contributed by atoms with Crippen LogP contribution in [0.4, 0.5) is 19.3 Å². The number of amides is 2. The van der Waals surface area contributed by atoms with Crippen molar-refractivity contribution in [1.82, 2.24) is 5.32 Å². The van der Waals surface area contributed by atoms with Crippen molar-refractivity contribution >= 4 is 17.7 Å². The third kappa shape index (κ3) is 5.35. The van der Waals surface area contributed by atoms with Crippen LogP contribution in [-0.2, 0) is 4.74 Å². The number of ether oxygens (including phenoxy) is 1. The van der Waals surface area contributed by atoms with E-state index in [1.54, 1.807) is 0 Å². The number of halogens is 2. The molecular weight excluding hydrogens is 286 g/mol. The van der Waals surface area contributed by atoms with Gasteiger partial charge in [-0.25, -0.2) is 18.4 Å². The Morgan fingerprint density at radius 3 is 2.48 bits per heavy atom. The lowest BCUT2D eigenvalue weighted by Crippen LogP contribution is -2.32. The summed E-state index contributed by atoms with van der Waals surface area (Å²) in [5, 5.41) is 13.4. The molecule has 21 heavy (non-hydrogen) atoms. The highest BCUT2D eigenvalue weighted by Gasteiger charge is 2.16. The van der Waals surface area contributed by atoms with E-state index < -0.39 is 29.2 Å². The van der Waals surface area contributed by atoms with Gasteiger partial charge in [0, 0.05) is 12.6 Å². The molecule has 0 aliphatic rings. The Bertz CT molecular complexity index is 535. The highest BCUT2D eigenvalue weighted by atomic mass is 19.2. The lowest BCUT2D eigenvalue weighted by atomic mass is 10.1. The Hall–Kier alpha value is -2.22. The first-order valence-corrected chi connectivity index (χ1v) is 6.20. The molecule has 0 unspecified atom stereocenters. The van der Waals surface area contributed by atoms with E-state index in [2.05, 4.69) is 10.6 Å². The van der Waals surface area contributed by atoms with Crippen LogP contribution in [0.5, 0.6) is 0 Å². The third-order valence-corrected chi connectivity index (χ3v) is 2.38. The van der Waals surface area contributed by atoms with Crippen molar-refractivity contribution in [1.29, 1.82) is 0 Å². The van der Waals surface area contributed by atoms with Crippen LogP contribution in [0, 0.1) is 11.6 Å². The van der Waals surface area contributed by atoms with Crippen molar-refractivity contribution in [3.05, 3.63) is 29.3 Å². The van der Waals surface area contributed by atoms with E-state index in [0.717, 1.165) is 0 Å². The molecule has 2 amide bonds. The van der Waals surface area contributed by atoms with E-state index >= 15 is 0 Å². The SMILES string of the molecule is CC(C)OCCNC(=O)Nc1cc(F)c(F)cc1C(=O)O. The molecule has 0 saturated carbocycles. The third-order valence-electron chi connectivity index (χ3n) is 2.38. The molecule has 116 valence electrons. The Labute approximate surface area is 120 Å². The molecule has 0 aromatic heterocycles. The van der Waals surface area contributed by atoms with Crippen molar-refractivity contribution in [2.75, 3.05) is 18.5 Å². The second-order valence-corrected chi connectivity index (χ2v) is 4.42. The van der Waals surface area contributed by atoms with Crippen molar-refractivity contribution in [2.24, 2.45) is 0 Å². The molecule has 1 aromatic rings. The zero-order valence-corrected chi connectivity index (χ0v) is 11.6. The summed E-state index contributed by atoms with van der Waals surface area (Å²) < 4.78 is 31.3. The van der Waals surface area contributed by atoms with Gasteiger partial charge in [0.05, 0.1) is 24.0 Å². The second-order valence-electron chi connectivity index (χ2n) is 4.42. The molecule has 1 aromatic carbocycles. The second kappa shape index (κ2) is 7.53. The summed E-state index contributed by atoms with van der Waals surface area (Å²) in [4.78, 5) is 22.5. The van der Waals surface area contributed by atoms with Crippen LogP contribution in [0.1, 0.15) is 24.2 Å². The van der Waals surface area contributed by atoms with Gasteiger partial charge in [0.2, 0.25) is 0 Å². The fourth-order valence-electron chi connectivity index (χ4n) is 1.45. The molecule has 0 heterocycles. The molecule has 0 fully saturated rings. The molecule has 8 heteroatoms. The van der Waals surface area contributed by atoms with Crippen LogP contribution >= 0.6 is 0 Å². The zero-order chi connectivity index (χ0) is 16.0. The highest BCUT2D eigenvalue weighted by Crippen LogP contribution is 2.20. The highest BCUT2D eigenvalue weighted by molar-refractivity contribution is 6.00. The fourth-order valence-corrected chi connectivity index (χ4v) is 1.45. The van der Waals surface area contributed by atoms with Gasteiger partial charge in [-0.2, -0.15) is 0 Å². The Morgan fingerprint density at radius 2 is 1.90 bits per heavy atom. The van der Waals surface area contributed by atoms with E-state index in [-0.39, 0.29) is 24.9 Å². The number of nitrogens with one attached hydrogen (secondary N) is 2. The van der Waals surface area contributed by atoms with Crippen molar-refractivity contribution in [3.8, 4) is 0 Å². The van der Waals surface area contributed by atoms with Gasteiger partial charge in [-0.15, -0.1) is 0 Å². The van der Waals surface area contributed by atoms with Gasteiger partial charge < -0.3 is 20.5 Å². The van der Waals surface area contributed by atoms with E-state index in [1.807, 2.05) is 13.8 Å². The van der Waals surface area contributed by atoms with Gasteiger partial charge in [0.15, 0.2) is 11.6 Å². The summed E-state index contributed by atoms with van der Waals surface area (Å²) in [5.74, 6) is -4.03. The predicted molar refractivity (Wildman–Crippen MR) is 71.4 cm³/mol. The van der Waals surface area contributed by atoms with Crippen molar-refractivity contribution in [2.45, 2.75) is 20.0 Å². The maximum Gasteiger partial charge on any atom is 0.337 e. The average molecular weight is 302 g/mol. The summed E-state index contributed by atoms with van der Waals surface area (Å²) >= 11 is 0. The van der Waals surface area contributed by atoms with Crippen LogP contribution in [0.15, 0.2) is 12.1 Å². The lowest BCUT2D eigenvalue weighted by molar-refractivity contribution is 0.0697. The number of carboxylic acid groups (broad SMARTS) is 1. The monoisotopic (exact) mass is 302 g/mol. The molecule has 6 nitrogen and oxygen atoms in total. The minimum Gasteiger partial charge on any atom is -0.478 e. The maximum absolute atomic E-state index is 13.1. The maximum atomic E-state index is 13.1. The molecule has 0 atom stereocenters. The minimum absolute atomic E-state index is 0.0136. The van der Waals surface area contributed by atoms with Crippen LogP contribution in [0.3, 0.4) is 0 Å². The number of anilines is 1. The normalized spacial score (nSPS) is 10.5. The quantitative estimate of drug-likeness (QED) is 0.703. The first-order chi connectivity index (χ1) is 9.81. The molecule has 0 bridgehead atoms. The zero-order valence-electron chi connectivity index (χ0n) is 11.6. The predicted octanol–water partition coefficient (Wildman–Crippen LogP) is 2.21. The van der Waals surface area contributed by atoms with E-state index in [4.69, 9.17) is 9.84 Å². The summed E-state index contributed by atoms with van der Waals surface area (Å²) in [6, 6.07) is 0.383. The van der Waals surface area contributed by atoms with Gasteiger partial charge in [0.1, 0.15) is 0 Å². The van der Waals surface area contributed by atoms with E-state index in [0.29, 0.717) is 12.1 Å². The topological polar surface area (TPSA) is 87.7 Å². The van der Waals surface area contributed by atoms with Gasteiger partial charge in [0.25, 0.3) is 0 Å². The number of aromatic carboxylic acids is 1. The average Bonchev–Trinajstić information content (AvgIpc) is 2.38. The summed E-state index contributed by atoms with van der Waals surface area (Å²) in [6.45, 7) is 4.13. The van der Waals surface area contributed by atoms with Gasteiger partial charge in [-0.05, 0) is 19.9 Å². The first kappa shape index (κ1) is 16.8.